The van der Waals surface area contributed by atoms with Gasteiger partial charge in [-0.1, -0.05) is 6.92 Å². The maximum atomic E-state index is 12.5. The molecule has 1 aromatic rings. The Kier molecular flexibility index (Phi) is 2.91. The van der Waals surface area contributed by atoms with Gasteiger partial charge < -0.3 is 10.3 Å². The molecule has 2 aliphatic heterocycles. The van der Waals surface area contributed by atoms with E-state index in [2.05, 4.69) is 15.3 Å². The van der Waals surface area contributed by atoms with Gasteiger partial charge in [0, 0.05) is 25.6 Å². The molecule has 3 rings (SSSR count). The van der Waals surface area contributed by atoms with Crippen molar-refractivity contribution in [1.29, 1.82) is 0 Å². The van der Waals surface area contributed by atoms with E-state index in [0.29, 0.717) is 24.7 Å². The van der Waals surface area contributed by atoms with Crippen molar-refractivity contribution in [1.82, 2.24) is 19.6 Å². The van der Waals surface area contributed by atoms with Crippen LogP contribution in [0.2, 0.25) is 0 Å². The third-order valence-corrected chi connectivity index (χ3v) is 5.76. The van der Waals surface area contributed by atoms with Gasteiger partial charge in [0.1, 0.15) is 5.82 Å². The van der Waals surface area contributed by atoms with Crippen molar-refractivity contribution in [2.24, 2.45) is 5.92 Å². The summed E-state index contributed by atoms with van der Waals surface area (Å²) in [6, 6.07) is 0.114. The van der Waals surface area contributed by atoms with Crippen molar-refractivity contribution < 1.29 is 8.42 Å². The highest BCUT2D eigenvalue weighted by Gasteiger charge is 2.44. The van der Waals surface area contributed by atoms with E-state index >= 15 is 0 Å². The van der Waals surface area contributed by atoms with Crippen LogP contribution in [-0.4, -0.2) is 48.4 Å². The quantitative estimate of drug-likeness (QED) is 0.807. The second kappa shape index (κ2) is 4.32. The van der Waals surface area contributed by atoms with Crippen LogP contribution in [-0.2, 0) is 16.4 Å². The Bertz CT molecular complexity index is 539. The molecule has 2 fully saturated rings. The number of nitrogens with one attached hydrogen (secondary N) is 2. The third kappa shape index (κ3) is 1.77. The van der Waals surface area contributed by atoms with Gasteiger partial charge in [0.05, 0.1) is 6.20 Å². The maximum Gasteiger partial charge on any atom is 0.260 e. The average Bonchev–Trinajstić information content (AvgIpc) is 3.04. The number of hydrogen-bond donors (Lipinski definition) is 2. The summed E-state index contributed by atoms with van der Waals surface area (Å²) in [7, 11) is -3.41. The third-order valence-electron chi connectivity index (χ3n) is 3.92. The molecule has 1 aromatic heterocycles. The van der Waals surface area contributed by atoms with E-state index in [1.54, 1.807) is 4.31 Å². The Morgan fingerprint density at radius 3 is 3.06 bits per heavy atom. The summed E-state index contributed by atoms with van der Waals surface area (Å²) in [6.07, 6.45) is 3.10. The van der Waals surface area contributed by atoms with Crippen LogP contribution in [0.1, 0.15) is 19.2 Å². The number of imidazole rings is 1. The normalized spacial score (nSPS) is 28.7. The number of rotatable bonds is 3. The van der Waals surface area contributed by atoms with Crippen LogP contribution < -0.4 is 5.32 Å². The fourth-order valence-electron chi connectivity index (χ4n) is 2.89. The minimum Gasteiger partial charge on any atom is -0.332 e. The van der Waals surface area contributed by atoms with Gasteiger partial charge in [-0.05, 0) is 18.9 Å². The zero-order valence-electron chi connectivity index (χ0n) is 10.4. The Balaban J connectivity index is 1.90. The molecule has 0 radical (unpaired) electrons. The number of sulfonamides is 1. The summed E-state index contributed by atoms with van der Waals surface area (Å²) in [4.78, 5) is 6.98. The molecule has 0 amide bonds. The molecule has 2 N–H and O–H groups in total. The lowest BCUT2D eigenvalue weighted by molar-refractivity contribution is 0.381. The highest BCUT2D eigenvalue weighted by Crippen LogP contribution is 2.31. The molecule has 2 saturated heterocycles. The van der Waals surface area contributed by atoms with Crippen molar-refractivity contribution in [2.75, 3.05) is 19.6 Å². The fourth-order valence-corrected chi connectivity index (χ4v) is 4.52. The number of fused-ring (bicyclic) bond motifs is 1. The van der Waals surface area contributed by atoms with Crippen LogP contribution in [0.15, 0.2) is 11.2 Å². The molecule has 18 heavy (non-hydrogen) atoms. The predicted molar refractivity (Wildman–Crippen MR) is 66.6 cm³/mol. The highest BCUT2D eigenvalue weighted by atomic mass is 32.2. The molecule has 0 aromatic carbocycles. The van der Waals surface area contributed by atoms with E-state index in [1.165, 1.54) is 6.20 Å². The molecule has 0 bridgehead atoms. The van der Waals surface area contributed by atoms with Crippen LogP contribution in [0.5, 0.6) is 0 Å². The van der Waals surface area contributed by atoms with Gasteiger partial charge in [0.25, 0.3) is 10.0 Å². The molecule has 0 saturated carbocycles. The van der Waals surface area contributed by atoms with E-state index < -0.39 is 10.0 Å². The van der Waals surface area contributed by atoms with Crippen LogP contribution in [0.3, 0.4) is 0 Å². The fraction of sp³-hybridized carbons (Fsp3) is 0.727. The zero-order chi connectivity index (χ0) is 12.8. The highest BCUT2D eigenvalue weighted by molar-refractivity contribution is 7.89. The first-order chi connectivity index (χ1) is 8.63. The minimum absolute atomic E-state index is 0.114. The molecule has 3 heterocycles. The van der Waals surface area contributed by atoms with Gasteiger partial charge in [0.15, 0.2) is 5.03 Å². The number of hydrogen-bond acceptors (Lipinski definition) is 4. The SMILES string of the molecule is CCc1ncc(S(=O)(=O)N2CC[C@H]3CNC[C@H]32)[nH]1. The summed E-state index contributed by atoms with van der Waals surface area (Å²) in [5.41, 5.74) is 0. The monoisotopic (exact) mass is 270 g/mol. The summed E-state index contributed by atoms with van der Waals surface area (Å²) >= 11 is 0. The Morgan fingerprint density at radius 1 is 1.50 bits per heavy atom. The second-order valence-corrected chi connectivity index (χ2v) is 6.80. The molecule has 0 spiro atoms. The average molecular weight is 270 g/mol. The smallest absolute Gasteiger partial charge is 0.260 e. The van der Waals surface area contributed by atoms with Crippen molar-refractivity contribution in [3.63, 3.8) is 0 Å². The van der Waals surface area contributed by atoms with Crippen LogP contribution in [0.25, 0.3) is 0 Å². The lowest BCUT2D eigenvalue weighted by Crippen LogP contribution is -2.39. The molecule has 100 valence electrons. The van der Waals surface area contributed by atoms with E-state index in [1.807, 2.05) is 6.92 Å². The van der Waals surface area contributed by atoms with Crippen molar-refractivity contribution >= 4 is 10.0 Å². The molecule has 2 atom stereocenters. The van der Waals surface area contributed by atoms with Crippen LogP contribution in [0.4, 0.5) is 0 Å². The summed E-state index contributed by atoms with van der Waals surface area (Å²) in [5.74, 6) is 1.18. The van der Waals surface area contributed by atoms with Crippen LogP contribution >= 0.6 is 0 Å². The first-order valence-electron chi connectivity index (χ1n) is 6.39. The molecule has 0 aliphatic carbocycles. The Labute approximate surface area is 107 Å². The first kappa shape index (κ1) is 12.1. The standard InChI is InChI=1S/C11H18N4O2S/c1-2-10-13-7-11(14-10)18(16,17)15-4-3-8-5-12-6-9(8)15/h7-9,12H,2-6H2,1H3,(H,13,14)/t8-,9+/m0/s1. The lowest BCUT2D eigenvalue weighted by Gasteiger charge is -2.21. The summed E-state index contributed by atoms with van der Waals surface area (Å²) in [6.45, 7) is 4.26. The number of aromatic nitrogens is 2. The van der Waals surface area contributed by atoms with E-state index in [9.17, 15) is 8.42 Å². The summed E-state index contributed by atoms with van der Waals surface area (Å²) < 4.78 is 26.7. The molecular weight excluding hydrogens is 252 g/mol. The van der Waals surface area contributed by atoms with E-state index in [4.69, 9.17) is 0 Å². The molecule has 6 nitrogen and oxygen atoms in total. The lowest BCUT2D eigenvalue weighted by atomic mass is 10.1. The second-order valence-electron chi connectivity index (χ2n) is 4.94. The van der Waals surface area contributed by atoms with Gasteiger partial charge in [-0.15, -0.1) is 0 Å². The van der Waals surface area contributed by atoms with Gasteiger partial charge in [-0.25, -0.2) is 13.4 Å². The van der Waals surface area contributed by atoms with Gasteiger partial charge >= 0.3 is 0 Å². The van der Waals surface area contributed by atoms with Crippen molar-refractivity contribution in [3.05, 3.63) is 12.0 Å². The van der Waals surface area contributed by atoms with E-state index in [0.717, 1.165) is 19.5 Å². The van der Waals surface area contributed by atoms with Crippen molar-refractivity contribution in [2.45, 2.75) is 30.8 Å². The van der Waals surface area contributed by atoms with Crippen LogP contribution in [0, 0.1) is 5.92 Å². The maximum absolute atomic E-state index is 12.5. The van der Waals surface area contributed by atoms with E-state index in [-0.39, 0.29) is 11.1 Å². The largest absolute Gasteiger partial charge is 0.332 e. The molecule has 0 unspecified atom stereocenters. The predicted octanol–water partition coefficient (Wildman–Crippen LogP) is -0.0455. The number of aryl methyl sites for hydroxylation is 1. The zero-order valence-corrected chi connectivity index (χ0v) is 11.2. The first-order valence-corrected chi connectivity index (χ1v) is 7.83. The number of nitrogens with zero attached hydrogens (tertiary/aromatic N) is 2. The molecule has 7 heteroatoms. The van der Waals surface area contributed by atoms with Crippen molar-refractivity contribution in [3.8, 4) is 0 Å². The Morgan fingerprint density at radius 2 is 2.33 bits per heavy atom. The minimum atomic E-state index is -3.41. The molecule has 2 aliphatic rings. The number of aromatic amines is 1. The van der Waals surface area contributed by atoms with Gasteiger partial charge in [-0.2, -0.15) is 4.31 Å². The Hall–Kier alpha value is -0.920. The van der Waals surface area contributed by atoms with Gasteiger partial charge in [-0.3, -0.25) is 0 Å². The topological polar surface area (TPSA) is 78.1 Å². The van der Waals surface area contributed by atoms with Gasteiger partial charge in [0.2, 0.25) is 0 Å². The molecular formula is C11H18N4O2S. The summed E-state index contributed by atoms with van der Waals surface area (Å²) in [5, 5.41) is 3.49. The number of H-pyrrole nitrogens is 1.